The first-order valence-electron chi connectivity index (χ1n) is 19.9. The number of amides is 3. The number of nitrogens with zero attached hydrogens (tertiary/aromatic N) is 5. The van der Waals surface area contributed by atoms with Crippen molar-refractivity contribution in [2.45, 2.75) is 104 Å². The molecule has 0 saturated carbocycles. The van der Waals surface area contributed by atoms with Crippen molar-refractivity contribution in [3.8, 4) is 0 Å². The van der Waals surface area contributed by atoms with Gasteiger partial charge in [0.05, 0.1) is 28.2 Å². The van der Waals surface area contributed by atoms with Gasteiger partial charge in [-0.15, -0.1) is 0 Å². The van der Waals surface area contributed by atoms with E-state index in [2.05, 4.69) is 32.2 Å². The zero-order valence-electron chi connectivity index (χ0n) is 36.3. The summed E-state index contributed by atoms with van der Waals surface area (Å²) in [5.74, 6) is -0.0128. The number of carbonyl (C=O) groups excluding carboxylic acids is 3. The number of carbonyl (C=O) groups is 4. The van der Waals surface area contributed by atoms with E-state index in [0.29, 0.717) is 65.6 Å². The molecule has 4 N–H and O–H groups in total. The maximum atomic E-state index is 12.7. The summed E-state index contributed by atoms with van der Waals surface area (Å²) in [7, 11) is 0. The molecular weight excluding hydrogens is 825 g/mol. The van der Waals surface area contributed by atoms with Crippen LogP contribution in [-0.4, -0.2) is 126 Å². The number of aliphatic carboxylic acids is 1. The van der Waals surface area contributed by atoms with Crippen molar-refractivity contribution >= 4 is 72.9 Å². The van der Waals surface area contributed by atoms with Gasteiger partial charge in [-0.1, -0.05) is 24.3 Å². The van der Waals surface area contributed by atoms with Crippen LogP contribution in [0, 0.1) is 0 Å². The molecule has 19 heteroatoms. The van der Waals surface area contributed by atoms with Gasteiger partial charge in [0.25, 0.3) is 11.1 Å². The molecule has 0 unspecified atom stereocenters. The number of hydrogen-bond donors (Lipinski definition) is 4. The van der Waals surface area contributed by atoms with Crippen molar-refractivity contribution in [1.29, 1.82) is 0 Å². The second kappa shape index (κ2) is 23.2. The van der Waals surface area contributed by atoms with Crippen LogP contribution in [0.3, 0.4) is 0 Å². The summed E-state index contributed by atoms with van der Waals surface area (Å²) in [6.45, 7) is 18.8. The molecule has 2 saturated heterocycles. The summed E-state index contributed by atoms with van der Waals surface area (Å²) in [6.07, 6.45) is 0.243. The Kier molecular flexibility index (Phi) is 19.8. The van der Waals surface area contributed by atoms with Gasteiger partial charge < -0.3 is 44.6 Å². The molecule has 0 radical (unpaired) electrons. The number of fused-ring (bicyclic) bond motifs is 2. The quantitative estimate of drug-likeness (QED) is 0.207. The highest BCUT2D eigenvalue weighted by atomic mass is 32.1. The van der Waals surface area contributed by atoms with Crippen LogP contribution in [-0.2, 0) is 31.9 Å². The van der Waals surface area contributed by atoms with Crippen LogP contribution in [0.5, 0.6) is 0 Å². The number of carboxylic acid groups (broad SMARTS) is 1. The van der Waals surface area contributed by atoms with Crippen molar-refractivity contribution < 1.29 is 33.8 Å². The average molecular weight is 887 g/mol. The summed E-state index contributed by atoms with van der Waals surface area (Å²) < 4.78 is 10.7. The number of benzene rings is 2. The highest BCUT2D eigenvalue weighted by Gasteiger charge is 2.32. The molecule has 61 heavy (non-hydrogen) atoms. The van der Waals surface area contributed by atoms with Gasteiger partial charge in [0.15, 0.2) is 0 Å². The van der Waals surface area contributed by atoms with Crippen molar-refractivity contribution in [3.05, 3.63) is 80.9 Å². The van der Waals surface area contributed by atoms with Crippen molar-refractivity contribution in [1.82, 2.24) is 40.0 Å². The molecule has 4 aromatic rings. The van der Waals surface area contributed by atoms with Crippen molar-refractivity contribution in [3.63, 3.8) is 0 Å². The number of rotatable bonds is 6. The third-order valence-electron chi connectivity index (χ3n) is 9.10. The first kappa shape index (κ1) is 52.0. The van der Waals surface area contributed by atoms with Gasteiger partial charge in [-0.25, -0.2) is 19.6 Å². The monoisotopic (exact) mass is 886 g/mol. The Balaban J connectivity index is 0.000000340. The van der Waals surface area contributed by atoms with Gasteiger partial charge in [0.1, 0.15) is 22.9 Å². The first-order chi connectivity index (χ1) is 27.7. The van der Waals surface area contributed by atoms with E-state index >= 15 is 0 Å². The largest absolute Gasteiger partial charge is 0.481 e. The maximum absolute atomic E-state index is 12.7. The minimum Gasteiger partial charge on any atom is -0.481 e. The van der Waals surface area contributed by atoms with Gasteiger partial charge in [0, 0.05) is 70.6 Å². The number of aryl methyl sites for hydroxylation is 2. The van der Waals surface area contributed by atoms with E-state index in [-0.39, 0.29) is 81.5 Å². The Morgan fingerprint density at radius 3 is 1.61 bits per heavy atom. The lowest BCUT2D eigenvalue weighted by Crippen LogP contribution is -2.56. The second-order valence-corrected chi connectivity index (χ2v) is 16.6. The summed E-state index contributed by atoms with van der Waals surface area (Å²) in [5, 5.41) is 12.9. The summed E-state index contributed by atoms with van der Waals surface area (Å²) in [5.41, 5.74) is -0.157. The van der Waals surface area contributed by atoms with Crippen LogP contribution >= 0.6 is 27.0 Å². The Morgan fingerprint density at radius 1 is 0.705 bits per heavy atom. The first-order valence-corrected chi connectivity index (χ1v) is 19.9. The van der Waals surface area contributed by atoms with Crippen LogP contribution in [0.4, 0.5) is 9.59 Å². The summed E-state index contributed by atoms with van der Waals surface area (Å²) in [6, 6.07) is 14.3. The fourth-order valence-electron chi connectivity index (χ4n) is 6.35. The number of piperazine rings is 2. The van der Waals surface area contributed by atoms with Crippen LogP contribution in [0.25, 0.3) is 21.8 Å². The Labute approximate surface area is 369 Å². The molecule has 0 spiro atoms. The Hall–Kier alpha value is -5.14. The van der Waals surface area contributed by atoms with E-state index in [1.807, 2.05) is 54.5 Å². The lowest BCUT2D eigenvalue weighted by atomic mass is 10.1. The Bertz CT molecular complexity index is 2220. The normalized spacial score (nSPS) is 16.4. The highest BCUT2D eigenvalue weighted by Crippen LogP contribution is 2.17. The molecule has 3 amide bonds. The van der Waals surface area contributed by atoms with E-state index < -0.39 is 17.2 Å². The number of carboxylic acids is 1. The molecule has 2 aliphatic heterocycles. The SMILES string of the molecule is C[C@H]1CN(C(=O)OC(C)(C)C)CCN1.C[C@H]1CN(C(=O)OC(C)(C)C)CCN1C(=O)CCc1nc2ccccc2c(=O)[nH]1.O=C(O)CCc1nc2ccccc2c(=O)[nH]1.S.S. The second-order valence-electron chi connectivity index (χ2n) is 16.6. The van der Waals surface area contributed by atoms with Gasteiger partial charge in [-0.05, 0) is 79.7 Å². The number of para-hydroxylation sites is 2. The molecule has 336 valence electrons. The number of aromatic nitrogens is 4. The van der Waals surface area contributed by atoms with Gasteiger partial charge in [-0.3, -0.25) is 19.2 Å². The molecule has 6 rings (SSSR count). The number of nitrogens with one attached hydrogen (secondary N) is 3. The fraction of sp³-hybridized carbons (Fsp3) is 0.524. The minimum atomic E-state index is -0.907. The smallest absolute Gasteiger partial charge is 0.410 e. The minimum absolute atomic E-state index is 0. The van der Waals surface area contributed by atoms with Crippen LogP contribution in [0.2, 0.25) is 0 Å². The predicted molar refractivity (Wildman–Crippen MR) is 244 cm³/mol. The predicted octanol–water partition coefficient (Wildman–Crippen LogP) is 4.70. The van der Waals surface area contributed by atoms with Gasteiger partial charge in [-0.2, -0.15) is 27.0 Å². The molecule has 2 fully saturated rings. The molecular formula is C42H62N8O9S2. The number of H-pyrrole nitrogens is 2. The zero-order valence-corrected chi connectivity index (χ0v) is 38.3. The topological polar surface area (TPSA) is 220 Å². The average Bonchev–Trinajstić information content (AvgIpc) is 3.15. The maximum Gasteiger partial charge on any atom is 0.410 e. The van der Waals surface area contributed by atoms with Crippen LogP contribution in [0.1, 0.15) is 79.9 Å². The van der Waals surface area contributed by atoms with E-state index in [4.69, 9.17) is 14.6 Å². The molecule has 2 aliphatic rings. The van der Waals surface area contributed by atoms with E-state index in [1.165, 1.54) is 0 Å². The summed E-state index contributed by atoms with van der Waals surface area (Å²) in [4.78, 5) is 89.9. The van der Waals surface area contributed by atoms with E-state index in [1.54, 1.807) is 57.2 Å². The standard InChI is InChI=1S/C21H28N4O4.C11H10N2O3.C10H20N2O2.2H2S/c1-14-13-24(20(28)29-21(2,3)4)11-12-25(14)18(26)10-9-17-22-16-8-6-5-7-15(16)19(27)23-17;14-10(15)6-5-9-12-8-4-2-1-3-7(8)11(16)13-9;1-8-7-12(6-5-11-8)9(13)14-10(2,3)4;;/h5-8,14H,9-13H2,1-4H3,(H,22,23,27);1-4H,5-6H2,(H,14,15)(H,12,13,16);8,11H,5-7H2,1-4H3;2*1H2/t14-;;8-;;/m0.0../s1. The summed E-state index contributed by atoms with van der Waals surface area (Å²) >= 11 is 0. The molecule has 0 aliphatic carbocycles. The fourth-order valence-corrected chi connectivity index (χ4v) is 6.35. The van der Waals surface area contributed by atoms with Crippen LogP contribution in [0.15, 0.2) is 58.1 Å². The lowest BCUT2D eigenvalue weighted by molar-refractivity contribution is -0.137. The number of ether oxygens (including phenoxy) is 2. The molecule has 0 bridgehead atoms. The molecule has 17 nitrogen and oxygen atoms in total. The number of aromatic amines is 2. The van der Waals surface area contributed by atoms with E-state index in [0.717, 1.165) is 19.6 Å². The lowest BCUT2D eigenvalue weighted by Gasteiger charge is -2.40. The van der Waals surface area contributed by atoms with Gasteiger partial charge >= 0.3 is 18.2 Å². The van der Waals surface area contributed by atoms with Crippen LogP contribution < -0.4 is 16.4 Å². The highest BCUT2D eigenvalue weighted by molar-refractivity contribution is 7.59. The third-order valence-corrected chi connectivity index (χ3v) is 9.10. The number of hydrogen-bond acceptors (Lipinski definition) is 11. The van der Waals surface area contributed by atoms with Crippen molar-refractivity contribution in [2.24, 2.45) is 0 Å². The Morgan fingerprint density at radius 2 is 1.16 bits per heavy atom. The molecule has 4 heterocycles. The third kappa shape index (κ3) is 16.7. The van der Waals surface area contributed by atoms with E-state index in [9.17, 15) is 28.8 Å². The van der Waals surface area contributed by atoms with Gasteiger partial charge in [0.2, 0.25) is 5.91 Å². The molecule has 2 atom stereocenters. The molecule has 2 aromatic heterocycles. The van der Waals surface area contributed by atoms with Crippen molar-refractivity contribution in [2.75, 3.05) is 39.3 Å². The zero-order chi connectivity index (χ0) is 43.5. The molecule has 2 aromatic carbocycles.